The Bertz CT molecular complexity index is 815. The molecule has 112 valence electrons. The Balaban J connectivity index is 1.54. The first-order valence-electron chi connectivity index (χ1n) is 6.97. The fourth-order valence-electron chi connectivity index (χ4n) is 2.18. The molecule has 3 aromatic heterocycles. The fourth-order valence-corrected chi connectivity index (χ4v) is 4.64. The van der Waals surface area contributed by atoms with Crippen LogP contribution in [-0.2, 0) is 0 Å². The van der Waals surface area contributed by atoms with Crippen molar-refractivity contribution >= 4 is 45.0 Å². The summed E-state index contributed by atoms with van der Waals surface area (Å²) >= 11 is 4.55. The molecule has 1 aliphatic rings. The lowest BCUT2D eigenvalue weighted by Gasteiger charge is -1.99. The topological polar surface area (TPSA) is 54.9 Å². The van der Waals surface area contributed by atoms with E-state index < -0.39 is 0 Å². The first kappa shape index (κ1) is 14.0. The van der Waals surface area contributed by atoms with Gasteiger partial charge in [-0.15, -0.1) is 22.7 Å². The zero-order chi connectivity index (χ0) is 15.1. The second-order valence-corrected chi connectivity index (χ2v) is 7.89. The third-order valence-electron chi connectivity index (χ3n) is 3.51. The van der Waals surface area contributed by atoms with Crippen molar-refractivity contribution in [2.24, 2.45) is 0 Å². The van der Waals surface area contributed by atoms with Crippen LogP contribution in [0.25, 0.3) is 10.6 Å². The molecule has 22 heavy (non-hydrogen) atoms. The molecular formula is C15H13N3OS3. The van der Waals surface area contributed by atoms with Gasteiger partial charge in [-0.2, -0.15) is 11.3 Å². The summed E-state index contributed by atoms with van der Waals surface area (Å²) in [6, 6.07) is 2.02. The van der Waals surface area contributed by atoms with Crippen molar-refractivity contribution in [3.8, 4) is 10.6 Å². The molecule has 0 spiro atoms. The highest BCUT2D eigenvalue weighted by Gasteiger charge is 2.26. The SMILES string of the molecule is Cc1nc(-c2ccsc2)sc1C(=O)Nc1nc(C2CC2)cs1. The molecule has 0 aliphatic heterocycles. The molecule has 4 rings (SSSR count). The number of anilines is 1. The van der Waals surface area contributed by atoms with Gasteiger partial charge in [0.1, 0.15) is 9.88 Å². The van der Waals surface area contributed by atoms with E-state index in [1.807, 2.05) is 29.1 Å². The minimum Gasteiger partial charge on any atom is -0.297 e. The van der Waals surface area contributed by atoms with Crippen LogP contribution >= 0.6 is 34.0 Å². The summed E-state index contributed by atoms with van der Waals surface area (Å²) in [6.07, 6.45) is 2.43. The number of thiazole rings is 2. The largest absolute Gasteiger partial charge is 0.297 e. The number of carbonyl (C=O) groups is 1. The van der Waals surface area contributed by atoms with Gasteiger partial charge >= 0.3 is 0 Å². The Morgan fingerprint density at radius 2 is 2.18 bits per heavy atom. The average molecular weight is 347 g/mol. The Hall–Kier alpha value is -1.57. The van der Waals surface area contributed by atoms with E-state index in [4.69, 9.17) is 0 Å². The molecule has 1 aliphatic carbocycles. The molecule has 0 saturated heterocycles. The third kappa shape index (κ3) is 2.71. The first-order chi connectivity index (χ1) is 10.7. The van der Waals surface area contributed by atoms with Crippen LogP contribution in [0.3, 0.4) is 0 Å². The highest BCUT2D eigenvalue weighted by Crippen LogP contribution is 2.41. The van der Waals surface area contributed by atoms with Gasteiger partial charge in [0.05, 0.1) is 11.4 Å². The summed E-state index contributed by atoms with van der Waals surface area (Å²) in [7, 11) is 0. The second kappa shape index (κ2) is 5.57. The van der Waals surface area contributed by atoms with Gasteiger partial charge in [-0.25, -0.2) is 9.97 Å². The minimum absolute atomic E-state index is 0.117. The Kier molecular flexibility index (Phi) is 3.56. The Morgan fingerprint density at radius 1 is 1.32 bits per heavy atom. The van der Waals surface area contributed by atoms with Crippen LogP contribution in [0.2, 0.25) is 0 Å². The van der Waals surface area contributed by atoms with E-state index in [1.165, 1.54) is 35.5 Å². The normalized spacial score (nSPS) is 14.2. The highest BCUT2D eigenvalue weighted by atomic mass is 32.1. The number of amides is 1. The second-order valence-electron chi connectivity index (χ2n) is 5.25. The molecule has 7 heteroatoms. The fraction of sp³-hybridized carbons (Fsp3) is 0.267. The third-order valence-corrected chi connectivity index (χ3v) is 6.17. The summed E-state index contributed by atoms with van der Waals surface area (Å²) in [5, 5.41) is 10.6. The standard InChI is InChI=1S/C15H13N3OS3/c1-8-12(22-14(16-8)10-4-5-20-6-10)13(19)18-15-17-11(7-21-15)9-2-3-9/h4-7,9H,2-3H2,1H3,(H,17,18,19). The van der Waals surface area contributed by atoms with E-state index in [0.717, 1.165) is 22.0 Å². The van der Waals surface area contributed by atoms with Crippen molar-refractivity contribution in [1.29, 1.82) is 0 Å². The molecule has 0 bridgehead atoms. The van der Waals surface area contributed by atoms with Gasteiger partial charge in [-0.3, -0.25) is 10.1 Å². The molecule has 0 unspecified atom stereocenters. The predicted molar refractivity (Wildman–Crippen MR) is 92.2 cm³/mol. The van der Waals surface area contributed by atoms with Crippen molar-refractivity contribution in [3.63, 3.8) is 0 Å². The number of aromatic nitrogens is 2. The monoisotopic (exact) mass is 347 g/mol. The number of aryl methyl sites for hydroxylation is 1. The van der Waals surface area contributed by atoms with Gasteiger partial charge in [0.25, 0.3) is 5.91 Å². The predicted octanol–water partition coefficient (Wildman–Crippen LogP) is 4.77. The van der Waals surface area contributed by atoms with E-state index in [2.05, 4.69) is 15.3 Å². The summed E-state index contributed by atoms with van der Waals surface area (Å²) < 4.78 is 0. The van der Waals surface area contributed by atoms with Crippen LogP contribution in [0, 0.1) is 6.92 Å². The Labute approximate surface area is 139 Å². The van der Waals surface area contributed by atoms with Crippen molar-refractivity contribution in [2.75, 3.05) is 5.32 Å². The molecule has 1 amide bonds. The van der Waals surface area contributed by atoms with E-state index in [-0.39, 0.29) is 5.91 Å². The lowest BCUT2D eigenvalue weighted by molar-refractivity contribution is 0.103. The summed E-state index contributed by atoms with van der Waals surface area (Å²) in [5.74, 6) is 0.491. The molecular weight excluding hydrogens is 334 g/mol. The summed E-state index contributed by atoms with van der Waals surface area (Å²) in [5.41, 5.74) is 2.95. The van der Waals surface area contributed by atoms with Crippen LogP contribution in [0.5, 0.6) is 0 Å². The number of hydrogen-bond donors (Lipinski definition) is 1. The zero-order valence-electron chi connectivity index (χ0n) is 11.8. The van der Waals surface area contributed by atoms with E-state index >= 15 is 0 Å². The zero-order valence-corrected chi connectivity index (χ0v) is 14.3. The lowest BCUT2D eigenvalue weighted by Crippen LogP contribution is -2.11. The molecule has 1 N–H and O–H groups in total. The highest BCUT2D eigenvalue weighted by molar-refractivity contribution is 7.18. The van der Waals surface area contributed by atoms with Crippen LogP contribution in [0.4, 0.5) is 5.13 Å². The number of carbonyl (C=O) groups excluding carboxylic acids is 1. The van der Waals surface area contributed by atoms with Gasteiger partial charge in [-0.05, 0) is 31.2 Å². The van der Waals surface area contributed by atoms with Gasteiger partial charge in [-0.1, -0.05) is 0 Å². The maximum Gasteiger partial charge on any atom is 0.269 e. The average Bonchev–Trinajstić information content (AvgIpc) is 2.94. The smallest absolute Gasteiger partial charge is 0.269 e. The van der Waals surface area contributed by atoms with Crippen molar-refractivity contribution in [1.82, 2.24) is 9.97 Å². The van der Waals surface area contributed by atoms with E-state index in [9.17, 15) is 4.79 Å². The van der Waals surface area contributed by atoms with Gasteiger partial charge < -0.3 is 0 Å². The molecule has 4 nitrogen and oxygen atoms in total. The number of rotatable bonds is 4. The lowest BCUT2D eigenvalue weighted by atomic mass is 10.3. The number of nitrogens with one attached hydrogen (secondary N) is 1. The molecule has 3 heterocycles. The van der Waals surface area contributed by atoms with Crippen LogP contribution in [0.1, 0.15) is 39.8 Å². The summed E-state index contributed by atoms with van der Waals surface area (Å²) in [4.78, 5) is 22.1. The quantitative estimate of drug-likeness (QED) is 0.740. The maximum atomic E-state index is 12.4. The van der Waals surface area contributed by atoms with Crippen LogP contribution < -0.4 is 5.32 Å². The first-order valence-corrected chi connectivity index (χ1v) is 9.61. The minimum atomic E-state index is -0.117. The molecule has 3 aromatic rings. The maximum absolute atomic E-state index is 12.4. The van der Waals surface area contributed by atoms with Crippen molar-refractivity contribution in [2.45, 2.75) is 25.7 Å². The Morgan fingerprint density at radius 3 is 2.91 bits per heavy atom. The number of thiophene rings is 1. The van der Waals surface area contributed by atoms with Crippen LogP contribution in [-0.4, -0.2) is 15.9 Å². The van der Waals surface area contributed by atoms with Crippen molar-refractivity contribution < 1.29 is 4.79 Å². The molecule has 1 saturated carbocycles. The van der Waals surface area contributed by atoms with E-state index in [0.29, 0.717) is 15.9 Å². The van der Waals surface area contributed by atoms with E-state index in [1.54, 1.807) is 11.3 Å². The van der Waals surface area contributed by atoms with Crippen LogP contribution in [0.15, 0.2) is 22.2 Å². The summed E-state index contributed by atoms with van der Waals surface area (Å²) in [6.45, 7) is 1.87. The molecule has 1 fully saturated rings. The van der Waals surface area contributed by atoms with Gasteiger partial charge in [0, 0.05) is 22.2 Å². The molecule has 0 radical (unpaired) electrons. The van der Waals surface area contributed by atoms with Gasteiger partial charge in [0.15, 0.2) is 5.13 Å². The molecule has 0 aromatic carbocycles. The molecule has 0 atom stereocenters. The van der Waals surface area contributed by atoms with Gasteiger partial charge in [0.2, 0.25) is 0 Å². The number of hydrogen-bond acceptors (Lipinski definition) is 6. The number of nitrogens with zero attached hydrogens (tertiary/aromatic N) is 2. The van der Waals surface area contributed by atoms with Crippen molar-refractivity contribution in [3.05, 3.63) is 38.5 Å².